The molecule has 2 aromatic rings. The minimum Gasteiger partial charge on any atom is -0.352 e. The van der Waals surface area contributed by atoms with Gasteiger partial charge in [0.05, 0.1) is 17.8 Å². The second-order valence-electron chi connectivity index (χ2n) is 6.01. The van der Waals surface area contributed by atoms with E-state index < -0.39 is 5.82 Å². The van der Waals surface area contributed by atoms with Crippen LogP contribution in [0.1, 0.15) is 35.4 Å². The Bertz CT molecular complexity index is 854. The summed E-state index contributed by atoms with van der Waals surface area (Å²) in [6.07, 6.45) is 8.34. The van der Waals surface area contributed by atoms with E-state index in [4.69, 9.17) is 11.6 Å². The number of nitrogens with zero attached hydrogens (tertiary/aromatic N) is 1. The normalized spacial score (nSPS) is 13.6. The number of aromatic nitrogens is 2. The molecular weight excluding hydrogens is 341 g/mol. The topological polar surface area (TPSA) is 57.8 Å². The summed E-state index contributed by atoms with van der Waals surface area (Å²) in [5.41, 5.74) is 4.50. The SMILES string of the molecule is Cc1n[nH]c(C2=CC=CCC2)c1CC(=O)NCc1ccc(F)cc1Cl. The van der Waals surface area contributed by atoms with Crippen LogP contribution in [0, 0.1) is 12.7 Å². The van der Waals surface area contributed by atoms with Crippen LogP contribution in [0.15, 0.2) is 36.4 Å². The number of hydrogen-bond acceptors (Lipinski definition) is 2. The van der Waals surface area contributed by atoms with E-state index in [1.165, 1.54) is 12.1 Å². The highest BCUT2D eigenvalue weighted by atomic mass is 35.5. The number of carbonyl (C=O) groups excluding carboxylic acids is 1. The van der Waals surface area contributed by atoms with E-state index >= 15 is 0 Å². The van der Waals surface area contributed by atoms with Crippen LogP contribution in [0.5, 0.6) is 0 Å². The average molecular weight is 360 g/mol. The second-order valence-corrected chi connectivity index (χ2v) is 6.42. The predicted octanol–water partition coefficient (Wildman–Crippen LogP) is 4.10. The monoisotopic (exact) mass is 359 g/mol. The maximum Gasteiger partial charge on any atom is 0.224 e. The number of carbonyl (C=O) groups is 1. The second kappa shape index (κ2) is 7.66. The lowest BCUT2D eigenvalue weighted by atomic mass is 9.97. The van der Waals surface area contributed by atoms with Crippen LogP contribution in [0.25, 0.3) is 5.57 Å². The lowest BCUT2D eigenvalue weighted by Crippen LogP contribution is -2.25. The molecule has 1 aliphatic rings. The minimum atomic E-state index is -0.395. The van der Waals surface area contributed by atoms with Crippen molar-refractivity contribution in [2.75, 3.05) is 0 Å². The van der Waals surface area contributed by atoms with Crippen molar-refractivity contribution in [3.8, 4) is 0 Å². The Morgan fingerprint density at radius 3 is 3.00 bits per heavy atom. The Morgan fingerprint density at radius 2 is 2.28 bits per heavy atom. The summed E-state index contributed by atoms with van der Waals surface area (Å²) < 4.78 is 13.1. The molecule has 0 spiro atoms. The number of halogens is 2. The first-order chi connectivity index (χ1) is 12.0. The molecule has 0 bridgehead atoms. The van der Waals surface area contributed by atoms with E-state index in [2.05, 4.69) is 27.7 Å². The molecule has 0 unspecified atom stereocenters. The van der Waals surface area contributed by atoms with Gasteiger partial charge in [-0.25, -0.2) is 4.39 Å². The van der Waals surface area contributed by atoms with Gasteiger partial charge in [0.2, 0.25) is 5.91 Å². The number of nitrogens with one attached hydrogen (secondary N) is 2. The molecule has 1 amide bonds. The number of H-pyrrole nitrogens is 1. The van der Waals surface area contributed by atoms with Gasteiger partial charge in [0.1, 0.15) is 5.82 Å². The summed E-state index contributed by atoms with van der Waals surface area (Å²) in [4.78, 5) is 12.3. The Hall–Kier alpha value is -2.40. The van der Waals surface area contributed by atoms with E-state index in [0.717, 1.165) is 35.4 Å². The highest BCUT2D eigenvalue weighted by molar-refractivity contribution is 6.31. The van der Waals surface area contributed by atoms with Crippen LogP contribution >= 0.6 is 11.6 Å². The van der Waals surface area contributed by atoms with Gasteiger partial charge in [0.15, 0.2) is 0 Å². The molecule has 0 aliphatic heterocycles. The van der Waals surface area contributed by atoms with E-state index in [1.807, 2.05) is 13.0 Å². The number of hydrogen-bond donors (Lipinski definition) is 2. The van der Waals surface area contributed by atoms with Crippen LogP contribution in [0.2, 0.25) is 5.02 Å². The third kappa shape index (κ3) is 4.17. The van der Waals surface area contributed by atoms with Crippen molar-refractivity contribution in [2.24, 2.45) is 0 Å². The molecule has 0 radical (unpaired) electrons. The molecule has 0 atom stereocenters. The first kappa shape index (κ1) is 17.4. The quantitative estimate of drug-likeness (QED) is 0.844. The number of aromatic amines is 1. The van der Waals surface area contributed by atoms with E-state index in [-0.39, 0.29) is 18.9 Å². The molecule has 1 heterocycles. The maximum absolute atomic E-state index is 13.1. The van der Waals surface area contributed by atoms with Crippen molar-refractivity contribution >= 4 is 23.1 Å². The highest BCUT2D eigenvalue weighted by Crippen LogP contribution is 2.26. The Labute approximate surface area is 150 Å². The van der Waals surface area contributed by atoms with Crippen molar-refractivity contribution in [3.63, 3.8) is 0 Å². The fourth-order valence-electron chi connectivity index (χ4n) is 2.83. The van der Waals surface area contributed by atoms with Gasteiger partial charge in [0.25, 0.3) is 0 Å². The van der Waals surface area contributed by atoms with Crippen molar-refractivity contribution < 1.29 is 9.18 Å². The van der Waals surface area contributed by atoms with Crippen LogP contribution < -0.4 is 5.32 Å². The van der Waals surface area contributed by atoms with Crippen molar-refractivity contribution in [3.05, 3.63) is 69.8 Å². The van der Waals surface area contributed by atoms with Crippen LogP contribution in [-0.2, 0) is 17.8 Å². The van der Waals surface area contributed by atoms with Gasteiger partial charge in [-0.05, 0) is 43.0 Å². The van der Waals surface area contributed by atoms with E-state index in [1.54, 1.807) is 6.07 Å². The Balaban J connectivity index is 1.68. The molecule has 1 aliphatic carbocycles. The minimum absolute atomic E-state index is 0.127. The number of aryl methyl sites for hydroxylation is 1. The summed E-state index contributed by atoms with van der Waals surface area (Å²) in [6, 6.07) is 4.14. The lowest BCUT2D eigenvalue weighted by Gasteiger charge is -2.11. The largest absolute Gasteiger partial charge is 0.352 e. The van der Waals surface area contributed by atoms with Gasteiger partial charge in [-0.3, -0.25) is 9.89 Å². The summed E-state index contributed by atoms with van der Waals surface area (Å²) in [6.45, 7) is 2.15. The maximum atomic E-state index is 13.1. The van der Waals surface area contributed by atoms with E-state index in [0.29, 0.717) is 10.6 Å². The molecule has 1 aromatic carbocycles. The molecule has 0 saturated carbocycles. The first-order valence-corrected chi connectivity index (χ1v) is 8.53. The molecule has 4 nitrogen and oxygen atoms in total. The molecule has 25 heavy (non-hydrogen) atoms. The fourth-order valence-corrected chi connectivity index (χ4v) is 3.06. The van der Waals surface area contributed by atoms with Crippen LogP contribution in [-0.4, -0.2) is 16.1 Å². The molecule has 1 aromatic heterocycles. The molecule has 0 saturated heterocycles. The third-order valence-corrected chi connectivity index (χ3v) is 4.59. The summed E-state index contributed by atoms with van der Waals surface area (Å²) >= 11 is 5.99. The van der Waals surface area contributed by atoms with Crippen molar-refractivity contribution in [1.82, 2.24) is 15.5 Å². The summed E-state index contributed by atoms with van der Waals surface area (Å²) in [7, 11) is 0. The van der Waals surface area contributed by atoms with Crippen molar-refractivity contribution in [2.45, 2.75) is 32.7 Å². The third-order valence-electron chi connectivity index (χ3n) is 4.24. The van der Waals surface area contributed by atoms with Gasteiger partial charge in [-0.2, -0.15) is 5.10 Å². The predicted molar refractivity (Wildman–Crippen MR) is 96.6 cm³/mol. The molecular formula is C19H19ClFN3O. The van der Waals surface area contributed by atoms with Crippen LogP contribution in [0.4, 0.5) is 4.39 Å². The van der Waals surface area contributed by atoms with Crippen molar-refractivity contribution in [1.29, 1.82) is 0 Å². The van der Waals surface area contributed by atoms with Gasteiger partial charge in [0, 0.05) is 17.1 Å². The first-order valence-electron chi connectivity index (χ1n) is 8.15. The smallest absolute Gasteiger partial charge is 0.224 e. The molecule has 3 rings (SSSR count). The Kier molecular flexibility index (Phi) is 5.34. The molecule has 2 N–H and O–H groups in total. The fraction of sp³-hybridized carbons (Fsp3) is 0.263. The zero-order valence-corrected chi connectivity index (χ0v) is 14.7. The average Bonchev–Trinajstić information content (AvgIpc) is 2.95. The molecule has 130 valence electrons. The van der Waals surface area contributed by atoms with Gasteiger partial charge >= 0.3 is 0 Å². The van der Waals surface area contributed by atoms with Gasteiger partial charge in [-0.15, -0.1) is 0 Å². The summed E-state index contributed by atoms with van der Waals surface area (Å²) in [5, 5.41) is 10.4. The number of rotatable bonds is 5. The summed E-state index contributed by atoms with van der Waals surface area (Å²) in [5.74, 6) is -0.522. The molecule has 0 fully saturated rings. The van der Waals surface area contributed by atoms with Gasteiger partial charge < -0.3 is 5.32 Å². The van der Waals surface area contributed by atoms with Crippen LogP contribution in [0.3, 0.4) is 0 Å². The standard InChI is InChI=1S/C19H19ClFN3O/c1-12-16(19(24-23-12)13-5-3-2-4-6-13)10-18(25)22-11-14-7-8-15(21)9-17(14)20/h2-3,5,7-9H,4,6,10-11H2,1H3,(H,22,25)(H,23,24). The zero-order valence-electron chi connectivity index (χ0n) is 13.9. The van der Waals surface area contributed by atoms with Gasteiger partial charge in [-0.1, -0.05) is 35.9 Å². The highest BCUT2D eigenvalue weighted by Gasteiger charge is 2.17. The Morgan fingerprint density at radius 1 is 1.44 bits per heavy atom. The van der Waals surface area contributed by atoms with E-state index in [9.17, 15) is 9.18 Å². The number of allylic oxidation sites excluding steroid dienone is 4. The number of benzene rings is 1. The zero-order chi connectivity index (χ0) is 17.8. The lowest BCUT2D eigenvalue weighted by molar-refractivity contribution is -0.120. The molecule has 6 heteroatoms. The number of amides is 1.